The van der Waals surface area contributed by atoms with Gasteiger partial charge in [-0.3, -0.25) is 14.8 Å². The Morgan fingerprint density at radius 1 is 1.17 bits per heavy atom. The minimum absolute atomic E-state index is 0.0973. The van der Waals surface area contributed by atoms with E-state index in [9.17, 15) is 8.78 Å². The number of rotatable bonds is 4. The summed E-state index contributed by atoms with van der Waals surface area (Å²) in [7, 11) is 0. The molecule has 1 aliphatic rings. The van der Waals surface area contributed by atoms with Gasteiger partial charge < -0.3 is 0 Å². The van der Waals surface area contributed by atoms with E-state index in [1.54, 1.807) is 0 Å². The van der Waals surface area contributed by atoms with Crippen molar-refractivity contribution in [2.45, 2.75) is 19.9 Å². The molecule has 0 amide bonds. The molecule has 18 heavy (non-hydrogen) atoms. The van der Waals surface area contributed by atoms with Gasteiger partial charge in [0.1, 0.15) is 0 Å². The molecule has 2 rings (SSSR count). The summed E-state index contributed by atoms with van der Waals surface area (Å²) in [6.07, 6.45) is -0.334. The number of hydrogen-bond donors (Lipinski definition) is 0. The predicted octanol–water partition coefficient (Wildman–Crippen LogP) is 1.77. The maximum absolute atomic E-state index is 12.2. The highest BCUT2D eigenvalue weighted by molar-refractivity contribution is 5.13. The molecule has 0 saturated carbocycles. The zero-order valence-electron chi connectivity index (χ0n) is 10.6. The lowest BCUT2D eigenvalue weighted by molar-refractivity contribution is 0.0543. The Kier molecular flexibility index (Phi) is 4.60. The average molecular weight is 255 g/mol. The summed E-state index contributed by atoms with van der Waals surface area (Å²) in [6.45, 7) is 5.87. The van der Waals surface area contributed by atoms with Crippen molar-refractivity contribution in [3.63, 3.8) is 0 Å². The van der Waals surface area contributed by atoms with Crippen molar-refractivity contribution in [2.24, 2.45) is 0 Å². The van der Waals surface area contributed by atoms with Crippen LogP contribution in [0.3, 0.4) is 0 Å². The van der Waals surface area contributed by atoms with Gasteiger partial charge in [0.15, 0.2) is 0 Å². The molecule has 0 bridgehead atoms. The van der Waals surface area contributed by atoms with Crippen molar-refractivity contribution in [1.29, 1.82) is 0 Å². The van der Waals surface area contributed by atoms with E-state index in [0.29, 0.717) is 0 Å². The first kappa shape index (κ1) is 13.4. The van der Waals surface area contributed by atoms with E-state index in [0.717, 1.165) is 38.4 Å². The molecule has 0 N–H and O–H groups in total. The monoisotopic (exact) mass is 255 g/mol. The lowest BCUT2D eigenvalue weighted by atomic mass is 10.2. The molecule has 100 valence electrons. The van der Waals surface area contributed by atoms with Gasteiger partial charge in [-0.05, 0) is 18.6 Å². The molecule has 0 aromatic carbocycles. The zero-order valence-corrected chi connectivity index (χ0v) is 10.6. The fraction of sp³-hybridized carbons (Fsp3) is 0.615. The van der Waals surface area contributed by atoms with E-state index in [-0.39, 0.29) is 6.54 Å². The number of piperazine rings is 1. The molecule has 1 aliphatic heterocycles. The number of hydrogen-bond acceptors (Lipinski definition) is 3. The molecule has 5 heteroatoms. The second kappa shape index (κ2) is 6.20. The van der Waals surface area contributed by atoms with Gasteiger partial charge in [-0.25, -0.2) is 8.78 Å². The fourth-order valence-electron chi connectivity index (χ4n) is 2.18. The van der Waals surface area contributed by atoms with E-state index in [1.807, 2.05) is 24.1 Å². The Morgan fingerprint density at radius 3 is 2.39 bits per heavy atom. The lowest BCUT2D eigenvalue weighted by Crippen LogP contribution is -2.47. The first-order chi connectivity index (χ1) is 8.63. The van der Waals surface area contributed by atoms with Crippen LogP contribution in [0.4, 0.5) is 8.78 Å². The second-order valence-corrected chi connectivity index (χ2v) is 4.78. The van der Waals surface area contributed by atoms with Crippen molar-refractivity contribution in [2.75, 3.05) is 32.7 Å². The van der Waals surface area contributed by atoms with Crippen molar-refractivity contribution >= 4 is 0 Å². The third kappa shape index (κ3) is 3.99. The standard InChI is InChI=1S/C13H19F2N3/c1-11-2-3-12(8-16-11)9-17-4-6-18(7-5-17)10-13(14)15/h2-3,8,13H,4-7,9-10H2,1H3. The van der Waals surface area contributed by atoms with Crippen LogP contribution in [0.2, 0.25) is 0 Å². The largest absolute Gasteiger partial charge is 0.296 e. The molecule has 0 spiro atoms. The number of nitrogens with zero attached hydrogens (tertiary/aromatic N) is 3. The summed E-state index contributed by atoms with van der Waals surface area (Å²) >= 11 is 0. The molecule has 0 unspecified atom stereocenters. The van der Waals surface area contributed by atoms with Crippen LogP contribution in [-0.4, -0.2) is 53.9 Å². The topological polar surface area (TPSA) is 19.4 Å². The van der Waals surface area contributed by atoms with E-state index in [4.69, 9.17) is 0 Å². The first-order valence-electron chi connectivity index (χ1n) is 6.28. The smallest absolute Gasteiger partial charge is 0.251 e. The quantitative estimate of drug-likeness (QED) is 0.817. The van der Waals surface area contributed by atoms with Gasteiger partial charge in [0.25, 0.3) is 6.43 Å². The number of halogens is 2. The van der Waals surface area contributed by atoms with E-state index in [1.165, 1.54) is 5.56 Å². The van der Waals surface area contributed by atoms with Crippen molar-refractivity contribution < 1.29 is 8.78 Å². The summed E-state index contributed by atoms with van der Waals surface area (Å²) in [5, 5.41) is 0. The van der Waals surface area contributed by atoms with Crippen molar-refractivity contribution in [3.05, 3.63) is 29.6 Å². The van der Waals surface area contributed by atoms with Gasteiger partial charge in [0, 0.05) is 44.6 Å². The van der Waals surface area contributed by atoms with Crippen LogP contribution in [0.25, 0.3) is 0 Å². The number of pyridine rings is 1. The lowest BCUT2D eigenvalue weighted by Gasteiger charge is -2.34. The fourth-order valence-corrected chi connectivity index (χ4v) is 2.18. The van der Waals surface area contributed by atoms with Crippen LogP contribution in [0, 0.1) is 6.92 Å². The van der Waals surface area contributed by atoms with Gasteiger partial charge in [-0.15, -0.1) is 0 Å². The highest BCUT2D eigenvalue weighted by Crippen LogP contribution is 2.09. The number of alkyl halides is 2. The molecule has 1 fully saturated rings. The number of aryl methyl sites for hydroxylation is 1. The minimum Gasteiger partial charge on any atom is -0.296 e. The zero-order chi connectivity index (χ0) is 13.0. The van der Waals surface area contributed by atoms with E-state index >= 15 is 0 Å². The Morgan fingerprint density at radius 2 is 1.83 bits per heavy atom. The molecular weight excluding hydrogens is 236 g/mol. The van der Waals surface area contributed by atoms with Gasteiger partial charge in [-0.1, -0.05) is 6.07 Å². The van der Waals surface area contributed by atoms with Crippen molar-refractivity contribution in [3.8, 4) is 0 Å². The van der Waals surface area contributed by atoms with Crippen LogP contribution in [-0.2, 0) is 6.54 Å². The third-order valence-corrected chi connectivity index (χ3v) is 3.24. The Balaban J connectivity index is 1.78. The number of aromatic nitrogens is 1. The van der Waals surface area contributed by atoms with Gasteiger partial charge in [0.2, 0.25) is 0 Å². The van der Waals surface area contributed by atoms with Gasteiger partial charge in [0.05, 0.1) is 6.54 Å². The Hall–Kier alpha value is -1.07. The van der Waals surface area contributed by atoms with Crippen LogP contribution >= 0.6 is 0 Å². The maximum Gasteiger partial charge on any atom is 0.251 e. The van der Waals surface area contributed by atoms with Crippen LogP contribution < -0.4 is 0 Å². The normalized spacial score (nSPS) is 18.4. The molecule has 1 aromatic rings. The first-order valence-corrected chi connectivity index (χ1v) is 6.28. The average Bonchev–Trinajstić information content (AvgIpc) is 2.34. The summed E-state index contributed by atoms with van der Waals surface area (Å²) in [4.78, 5) is 8.38. The third-order valence-electron chi connectivity index (χ3n) is 3.24. The summed E-state index contributed by atoms with van der Waals surface area (Å²) < 4.78 is 24.5. The van der Waals surface area contributed by atoms with E-state index < -0.39 is 6.43 Å². The minimum atomic E-state index is -2.22. The highest BCUT2D eigenvalue weighted by atomic mass is 19.3. The van der Waals surface area contributed by atoms with Gasteiger partial charge in [-0.2, -0.15) is 0 Å². The molecule has 0 radical (unpaired) electrons. The van der Waals surface area contributed by atoms with Crippen molar-refractivity contribution in [1.82, 2.24) is 14.8 Å². The summed E-state index contributed by atoms with van der Waals surface area (Å²) in [5.74, 6) is 0. The van der Waals surface area contributed by atoms with E-state index in [2.05, 4.69) is 16.0 Å². The van der Waals surface area contributed by atoms with Crippen LogP contribution in [0.5, 0.6) is 0 Å². The molecule has 0 aliphatic carbocycles. The Labute approximate surface area is 106 Å². The predicted molar refractivity (Wildman–Crippen MR) is 66.7 cm³/mol. The van der Waals surface area contributed by atoms with Crippen LogP contribution in [0.15, 0.2) is 18.3 Å². The molecular formula is C13H19F2N3. The Bertz CT molecular complexity index is 359. The molecule has 3 nitrogen and oxygen atoms in total. The van der Waals surface area contributed by atoms with Gasteiger partial charge >= 0.3 is 0 Å². The molecule has 0 atom stereocenters. The SMILES string of the molecule is Cc1ccc(CN2CCN(CC(F)F)CC2)cn1. The molecule has 1 saturated heterocycles. The molecule has 1 aromatic heterocycles. The maximum atomic E-state index is 12.2. The summed E-state index contributed by atoms with van der Waals surface area (Å²) in [5.41, 5.74) is 2.20. The highest BCUT2D eigenvalue weighted by Gasteiger charge is 2.19. The second-order valence-electron chi connectivity index (χ2n) is 4.78. The molecule has 2 heterocycles. The van der Waals surface area contributed by atoms with Crippen LogP contribution in [0.1, 0.15) is 11.3 Å². The summed E-state index contributed by atoms with van der Waals surface area (Å²) in [6, 6.07) is 4.08.